The summed E-state index contributed by atoms with van der Waals surface area (Å²) in [5.41, 5.74) is 1.55. The summed E-state index contributed by atoms with van der Waals surface area (Å²) < 4.78 is 0. The fourth-order valence-corrected chi connectivity index (χ4v) is 1.55. The first-order chi connectivity index (χ1) is 8.06. The first-order valence-electron chi connectivity index (χ1n) is 5.08. The number of ketones is 1. The lowest BCUT2D eigenvalue weighted by atomic mass is 10.2. The number of anilines is 1. The van der Waals surface area contributed by atoms with Gasteiger partial charge in [0.15, 0.2) is 12.0 Å². The number of nitrogens with one attached hydrogen (secondary N) is 2. The number of amides is 1. The second-order valence-corrected chi connectivity index (χ2v) is 3.78. The quantitative estimate of drug-likeness (QED) is 0.581. The van der Waals surface area contributed by atoms with Gasteiger partial charge in [-0.1, -0.05) is 0 Å². The molecule has 6 heteroatoms. The predicted molar refractivity (Wildman–Crippen MR) is 62.5 cm³/mol. The Kier molecular flexibility index (Phi) is 2.99. The van der Waals surface area contributed by atoms with E-state index < -0.39 is 0 Å². The summed E-state index contributed by atoms with van der Waals surface area (Å²) >= 11 is 0. The molecule has 6 nitrogen and oxygen atoms in total. The van der Waals surface area contributed by atoms with Gasteiger partial charge in [0.05, 0.1) is 6.42 Å². The number of rotatable bonds is 3. The lowest BCUT2D eigenvalue weighted by Crippen LogP contribution is -2.99. The third kappa shape index (κ3) is 2.55. The highest BCUT2D eigenvalue weighted by molar-refractivity contribution is 6.03. The van der Waals surface area contributed by atoms with Crippen LogP contribution in [0, 0.1) is 5.21 Å². The first-order valence-corrected chi connectivity index (χ1v) is 5.08. The molecule has 1 heterocycles. The second kappa shape index (κ2) is 4.44. The van der Waals surface area contributed by atoms with E-state index in [9.17, 15) is 14.8 Å². The Hall–Kier alpha value is -2.05. The molecular formula is C11H11N3O3. The van der Waals surface area contributed by atoms with Gasteiger partial charge in [0, 0.05) is 11.8 Å². The Labute approximate surface area is 97.5 Å². The number of carbonyl (C=O) groups excluding carboxylic acids is 2. The van der Waals surface area contributed by atoms with Gasteiger partial charge in [-0.05, 0) is 19.1 Å². The standard InChI is InChI=1S/C11H11N3O3/c1-7(15)4-11(16)13-8-2-3-9-10(5-8)14(17)6-12-9/h2-3,5-6,14H,4H2,1H3,(H,13,16). The van der Waals surface area contributed by atoms with Crippen LogP contribution in [-0.2, 0) is 9.59 Å². The van der Waals surface area contributed by atoms with Gasteiger partial charge >= 0.3 is 0 Å². The van der Waals surface area contributed by atoms with E-state index in [0.717, 1.165) is 0 Å². The Bertz CT molecular complexity index is 511. The van der Waals surface area contributed by atoms with E-state index in [0.29, 0.717) is 17.1 Å². The Morgan fingerprint density at radius 3 is 2.94 bits per heavy atom. The molecule has 1 amide bonds. The van der Waals surface area contributed by atoms with Crippen LogP contribution in [0.2, 0.25) is 0 Å². The van der Waals surface area contributed by atoms with Gasteiger partial charge in [0.25, 0.3) is 0 Å². The summed E-state index contributed by atoms with van der Waals surface area (Å²) in [6, 6.07) is 4.86. The molecule has 0 bridgehead atoms. The Balaban J connectivity index is 2.11. The molecule has 0 fully saturated rings. The summed E-state index contributed by atoms with van der Waals surface area (Å²) in [6.07, 6.45) is 1.08. The SMILES string of the molecule is CC(=O)CC(=O)Nc1ccc2c(c1)[NH+]([O-])C=N2. The molecule has 1 aromatic rings. The van der Waals surface area contributed by atoms with E-state index in [1.807, 2.05) is 0 Å². The van der Waals surface area contributed by atoms with Crippen LogP contribution in [-0.4, -0.2) is 18.0 Å². The van der Waals surface area contributed by atoms with Crippen molar-refractivity contribution in [2.24, 2.45) is 4.99 Å². The highest BCUT2D eigenvalue weighted by Gasteiger charge is 2.16. The topological polar surface area (TPSA) is 86.0 Å². The van der Waals surface area contributed by atoms with E-state index in [1.54, 1.807) is 18.2 Å². The number of hydrogen-bond acceptors (Lipinski definition) is 4. The molecule has 1 atom stereocenters. The molecule has 0 spiro atoms. The smallest absolute Gasteiger partial charge is 0.231 e. The van der Waals surface area contributed by atoms with Crippen LogP contribution in [0.5, 0.6) is 0 Å². The molecule has 1 aliphatic rings. The predicted octanol–water partition coefficient (Wildman–Crippen LogP) is 0.292. The molecule has 88 valence electrons. The minimum absolute atomic E-state index is 0.165. The molecule has 1 aliphatic heterocycles. The normalized spacial score (nSPS) is 16.7. The maximum absolute atomic E-state index is 11.4. The second-order valence-electron chi connectivity index (χ2n) is 3.78. The van der Waals surface area contributed by atoms with E-state index in [2.05, 4.69) is 10.3 Å². The van der Waals surface area contributed by atoms with E-state index in [-0.39, 0.29) is 23.2 Å². The average Bonchev–Trinajstić information content (AvgIpc) is 2.59. The lowest BCUT2D eigenvalue weighted by Gasteiger charge is -2.12. The summed E-state index contributed by atoms with van der Waals surface area (Å²) in [5, 5.41) is 13.7. The Morgan fingerprint density at radius 2 is 2.24 bits per heavy atom. The molecule has 2 rings (SSSR count). The summed E-state index contributed by atoms with van der Waals surface area (Å²) in [5.74, 6) is -0.591. The lowest BCUT2D eigenvalue weighted by molar-refractivity contribution is -0.655. The monoisotopic (exact) mass is 233 g/mol. The van der Waals surface area contributed by atoms with Crippen LogP contribution in [0.3, 0.4) is 0 Å². The minimum atomic E-state index is -0.385. The summed E-state index contributed by atoms with van der Waals surface area (Å²) in [4.78, 5) is 26.0. The van der Waals surface area contributed by atoms with Gasteiger partial charge in [0.2, 0.25) is 5.91 Å². The van der Waals surface area contributed by atoms with Gasteiger partial charge in [-0.2, -0.15) is 4.99 Å². The zero-order valence-electron chi connectivity index (χ0n) is 9.19. The van der Waals surface area contributed by atoms with Crippen molar-refractivity contribution in [1.82, 2.24) is 0 Å². The number of hydrogen-bond donors (Lipinski definition) is 2. The molecule has 1 unspecified atom stereocenters. The van der Waals surface area contributed by atoms with Crippen LogP contribution in [0.1, 0.15) is 13.3 Å². The number of benzene rings is 1. The number of aliphatic imine (C=N–C) groups is 1. The van der Waals surface area contributed by atoms with Gasteiger partial charge in [-0.15, -0.1) is 0 Å². The molecule has 0 radical (unpaired) electrons. The first kappa shape index (κ1) is 11.4. The molecule has 0 aromatic heterocycles. The van der Waals surface area contributed by atoms with Crippen molar-refractivity contribution in [2.45, 2.75) is 13.3 Å². The van der Waals surface area contributed by atoms with Crippen LogP contribution in [0.4, 0.5) is 17.1 Å². The maximum atomic E-state index is 11.4. The zero-order valence-corrected chi connectivity index (χ0v) is 9.19. The number of quaternary nitrogens is 1. The van der Waals surface area contributed by atoms with Crippen molar-refractivity contribution in [2.75, 3.05) is 5.32 Å². The van der Waals surface area contributed by atoms with Crippen molar-refractivity contribution in [3.05, 3.63) is 23.4 Å². The van der Waals surface area contributed by atoms with Crippen molar-refractivity contribution < 1.29 is 14.7 Å². The fraction of sp³-hybridized carbons (Fsp3) is 0.182. The van der Waals surface area contributed by atoms with Crippen LogP contribution < -0.4 is 10.4 Å². The average molecular weight is 233 g/mol. The van der Waals surface area contributed by atoms with Crippen molar-refractivity contribution in [3.8, 4) is 0 Å². The molecule has 2 N–H and O–H groups in total. The van der Waals surface area contributed by atoms with Gasteiger partial charge < -0.3 is 10.5 Å². The zero-order chi connectivity index (χ0) is 12.4. The molecule has 1 aromatic carbocycles. The minimum Gasteiger partial charge on any atom is -0.623 e. The van der Waals surface area contributed by atoms with Crippen LogP contribution >= 0.6 is 0 Å². The van der Waals surface area contributed by atoms with Crippen molar-refractivity contribution in [3.63, 3.8) is 0 Å². The maximum Gasteiger partial charge on any atom is 0.231 e. The van der Waals surface area contributed by atoms with Crippen LogP contribution in [0.25, 0.3) is 0 Å². The Morgan fingerprint density at radius 1 is 1.47 bits per heavy atom. The number of Topliss-reactive ketones (excluding diaryl/α,β-unsaturated/α-hetero) is 1. The van der Waals surface area contributed by atoms with Gasteiger partial charge in [-0.3, -0.25) is 14.7 Å². The molecule has 17 heavy (non-hydrogen) atoms. The van der Waals surface area contributed by atoms with Crippen molar-refractivity contribution >= 4 is 35.1 Å². The molecular weight excluding hydrogens is 222 g/mol. The third-order valence-corrected chi connectivity index (χ3v) is 2.28. The number of fused-ring (bicyclic) bond motifs is 1. The van der Waals surface area contributed by atoms with E-state index >= 15 is 0 Å². The third-order valence-electron chi connectivity index (χ3n) is 2.28. The van der Waals surface area contributed by atoms with Gasteiger partial charge in [0.1, 0.15) is 11.5 Å². The highest BCUT2D eigenvalue weighted by atomic mass is 16.5. The number of carbonyl (C=O) groups is 2. The largest absolute Gasteiger partial charge is 0.623 e. The van der Waals surface area contributed by atoms with Crippen LogP contribution in [0.15, 0.2) is 23.2 Å². The fourth-order valence-electron chi connectivity index (χ4n) is 1.55. The van der Waals surface area contributed by atoms with E-state index in [1.165, 1.54) is 13.3 Å². The molecule has 0 aliphatic carbocycles. The summed E-state index contributed by atoms with van der Waals surface area (Å²) in [7, 11) is 0. The highest BCUT2D eigenvalue weighted by Crippen LogP contribution is 2.27. The number of nitrogens with zero attached hydrogens (tertiary/aromatic N) is 1. The summed E-state index contributed by atoms with van der Waals surface area (Å²) in [6.45, 7) is 1.35. The van der Waals surface area contributed by atoms with Crippen molar-refractivity contribution in [1.29, 1.82) is 0 Å². The van der Waals surface area contributed by atoms with Gasteiger partial charge in [-0.25, -0.2) is 0 Å². The molecule has 0 saturated carbocycles. The van der Waals surface area contributed by atoms with E-state index in [4.69, 9.17) is 0 Å². The molecule has 0 saturated heterocycles. The number of hydroxylamine groups is 1.